The summed E-state index contributed by atoms with van der Waals surface area (Å²) >= 11 is 23.8. The Hall–Kier alpha value is -1.86. The fourth-order valence-electron chi connectivity index (χ4n) is 1.93. The smallest absolute Gasteiger partial charge is 0.335 e. The second kappa shape index (κ2) is 8.68. The van der Waals surface area contributed by atoms with E-state index >= 15 is 0 Å². The highest BCUT2D eigenvalue weighted by atomic mass is 35.5. The lowest BCUT2D eigenvalue weighted by atomic mass is 10.2. The average molecular weight is 440 g/mol. The van der Waals surface area contributed by atoms with Crippen molar-refractivity contribution in [2.24, 2.45) is 0 Å². The minimum atomic E-state index is -1.17. The van der Waals surface area contributed by atoms with E-state index in [1.807, 2.05) is 0 Å². The molecule has 2 N–H and O–H groups in total. The zero-order valence-electron chi connectivity index (χ0n) is 12.8. The van der Waals surface area contributed by atoms with Crippen molar-refractivity contribution < 1.29 is 29.3 Å². The summed E-state index contributed by atoms with van der Waals surface area (Å²) in [6, 6.07) is 4.85. The van der Waals surface area contributed by atoms with Crippen molar-refractivity contribution in [3.05, 3.63) is 55.5 Å². The maximum absolute atomic E-state index is 10.9. The molecule has 0 fully saturated rings. The molecule has 0 radical (unpaired) electrons. The molecule has 0 heterocycles. The molecule has 2 rings (SSSR count). The molecule has 0 aliphatic rings. The molecule has 10 heteroatoms. The van der Waals surface area contributed by atoms with Crippen molar-refractivity contribution in [1.82, 2.24) is 0 Å². The van der Waals surface area contributed by atoms with Gasteiger partial charge in [0.05, 0.1) is 31.2 Å². The summed E-state index contributed by atoms with van der Waals surface area (Å²) in [5.74, 6) is -2.11. The Balaban J connectivity index is 2.02. The van der Waals surface area contributed by atoms with Crippen LogP contribution >= 0.6 is 46.4 Å². The van der Waals surface area contributed by atoms with Crippen LogP contribution in [0.4, 0.5) is 0 Å². The third kappa shape index (κ3) is 4.86. The first-order chi connectivity index (χ1) is 12.2. The van der Waals surface area contributed by atoms with Crippen molar-refractivity contribution in [3.63, 3.8) is 0 Å². The zero-order chi connectivity index (χ0) is 19.4. The van der Waals surface area contributed by atoms with Crippen molar-refractivity contribution in [2.45, 2.75) is 0 Å². The molecule has 0 bridgehead atoms. The molecule has 0 spiro atoms. The van der Waals surface area contributed by atoms with E-state index < -0.39 is 11.9 Å². The molecule has 2 aromatic rings. The third-order valence-electron chi connectivity index (χ3n) is 3.07. The Morgan fingerprint density at radius 2 is 0.962 bits per heavy atom. The van der Waals surface area contributed by atoms with Crippen LogP contribution in [0.1, 0.15) is 20.7 Å². The summed E-state index contributed by atoms with van der Waals surface area (Å²) in [5, 5.41) is 18.0. The Labute approximate surface area is 167 Å². The molecule has 0 saturated heterocycles. The highest BCUT2D eigenvalue weighted by Gasteiger charge is 2.15. The Morgan fingerprint density at radius 1 is 0.692 bits per heavy atom. The highest BCUT2D eigenvalue weighted by Crippen LogP contribution is 2.35. The average Bonchev–Trinajstić information content (AvgIpc) is 2.54. The highest BCUT2D eigenvalue weighted by molar-refractivity contribution is 6.38. The topological polar surface area (TPSA) is 93.1 Å². The van der Waals surface area contributed by atoms with E-state index in [9.17, 15) is 9.59 Å². The van der Waals surface area contributed by atoms with Crippen LogP contribution in [0.2, 0.25) is 20.1 Å². The third-order valence-corrected chi connectivity index (χ3v) is 4.19. The van der Waals surface area contributed by atoms with Gasteiger partial charge in [-0.2, -0.15) is 0 Å². The van der Waals surface area contributed by atoms with Crippen LogP contribution in [-0.4, -0.2) is 35.4 Å². The van der Waals surface area contributed by atoms with Crippen LogP contribution in [0.5, 0.6) is 11.5 Å². The fourth-order valence-corrected chi connectivity index (χ4v) is 3.12. The van der Waals surface area contributed by atoms with Crippen LogP contribution in [0.25, 0.3) is 0 Å². The molecule has 0 aliphatic heterocycles. The summed E-state index contributed by atoms with van der Waals surface area (Å²) in [4.78, 5) is 21.8. The van der Waals surface area contributed by atoms with Gasteiger partial charge in [0.2, 0.25) is 0 Å². The van der Waals surface area contributed by atoms with E-state index in [2.05, 4.69) is 0 Å². The van der Waals surface area contributed by atoms with Crippen molar-refractivity contribution in [3.8, 4) is 11.5 Å². The van der Waals surface area contributed by atoms with E-state index in [0.29, 0.717) is 0 Å². The summed E-state index contributed by atoms with van der Waals surface area (Å²) < 4.78 is 10.8. The van der Waals surface area contributed by atoms with Gasteiger partial charge in [-0.25, -0.2) is 9.59 Å². The van der Waals surface area contributed by atoms with Gasteiger partial charge >= 0.3 is 11.9 Å². The molecule has 138 valence electrons. The van der Waals surface area contributed by atoms with Crippen LogP contribution in [-0.2, 0) is 0 Å². The van der Waals surface area contributed by atoms with Gasteiger partial charge < -0.3 is 19.7 Å². The van der Waals surface area contributed by atoms with Gasteiger partial charge in [-0.1, -0.05) is 46.4 Å². The Bertz CT molecular complexity index is 750. The van der Waals surface area contributed by atoms with Crippen LogP contribution < -0.4 is 9.47 Å². The molecular weight excluding hydrogens is 430 g/mol. The van der Waals surface area contributed by atoms with Gasteiger partial charge in [0, 0.05) is 0 Å². The molecule has 0 saturated carbocycles. The number of ether oxygens (including phenoxy) is 2. The quantitative estimate of drug-likeness (QED) is 0.579. The lowest BCUT2D eigenvalue weighted by molar-refractivity contribution is 0.0686. The molecular formula is C16H10Cl4O6. The lowest BCUT2D eigenvalue weighted by Gasteiger charge is -2.13. The number of halogens is 4. The second-order valence-corrected chi connectivity index (χ2v) is 6.47. The maximum Gasteiger partial charge on any atom is 0.335 e. The van der Waals surface area contributed by atoms with Gasteiger partial charge in [-0.15, -0.1) is 0 Å². The standard InChI is InChI=1S/C16H10Cl4O6/c17-9-3-7(15(21)22)4-10(18)13(9)25-1-2-26-14-11(19)5-8(16(23)24)6-12(14)20/h3-6H,1-2H2,(H,21,22)(H,23,24). The first kappa shape index (κ1) is 20.5. The van der Waals surface area contributed by atoms with Crippen LogP contribution in [0.3, 0.4) is 0 Å². The van der Waals surface area contributed by atoms with Gasteiger partial charge in [0.1, 0.15) is 13.2 Å². The minimum Gasteiger partial charge on any atom is -0.487 e. The van der Waals surface area contributed by atoms with Gasteiger partial charge in [0.25, 0.3) is 0 Å². The van der Waals surface area contributed by atoms with E-state index in [1.165, 1.54) is 24.3 Å². The molecule has 2 aromatic carbocycles. The predicted octanol–water partition coefficient (Wildman–Crippen LogP) is 5.15. The lowest BCUT2D eigenvalue weighted by Crippen LogP contribution is -2.10. The normalized spacial score (nSPS) is 10.5. The summed E-state index contributed by atoms with van der Waals surface area (Å²) in [6.07, 6.45) is 0. The second-order valence-electron chi connectivity index (χ2n) is 4.85. The summed E-state index contributed by atoms with van der Waals surface area (Å²) in [5.41, 5.74) is -0.138. The van der Waals surface area contributed by atoms with E-state index in [4.69, 9.17) is 66.1 Å². The number of hydrogen-bond donors (Lipinski definition) is 2. The SMILES string of the molecule is O=C(O)c1cc(Cl)c(OCCOc2c(Cl)cc(C(=O)O)cc2Cl)c(Cl)c1. The number of carbonyl (C=O) groups is 2. The molecule has 26 heavy (non-hydrogen) atoms. The zero-order valence-corrected chi connectivity index (χ0v) is 15.8. The van der Waals surface area contributed by atoms with Gasteiger partial charge in [0.15, 0.2) is 11.5 Å². The molecule has 0 aromatic heterocycles. The number of carboxylic acids is 2. The number of rotatable bonds is 7. The van der Waals surface area contributed by atoms with Crippen LogP contribution in [0.15, 0.2) is 24.3 Å². The number of aromatic carboxylic acids is 2. The predicted molar refractivity (Wildman–Crippen MR) is 97.8 cm³/mol. The summed E-state index contributed by atoms with van der Waals surface area (Å²) in [7, 11) is 0. The first-order valence-electron chi connectivity index (χ1n) is 6.91. The van der Waals surface area contributed by atoms with E-state index in [0.717, 1.165) is 0 Å². The fraction of sp³-hybridized carbons (Fsp3) is 0.125. The summed E-state index contributed by atoms with van der Waals surface area (Å²) in [6.45, 7) is -0.00159. The molecule has 0 atom stereocenters. The number of hydrogen-bond acceptors (Lipinski definition) is 4. The van der Waals surface area contributed by atoms with Crippen molar-refractivity contribution in [2.75, 3.05) is 13.2 Å². The number of carboxylic acid groups (broad SMARTS) is 2. The van der Waals surface area contributed by atoms with Crippen LogP contribution in [0, 0.1) is 0 Å². The molecule has 0 amide bonds. The molecule has 0 unspecified atom stereocenters. The Kier molecular flexibility index (Phi) is 6.83. The number of benzene rings is 2. The van der Waals surface area contributed by atoms with Gasteiger partial charge in [-0.05, 0) is 24.3 Å². The van der Waals surface area contributed by atoms with Gasteiger partial charge in [-0.3, -0.25) is 0 Å². The monoisotopic (exact) mass is 438 g/mol. The van der Waals surface area contributed by atoms with E-state index in [1.54, 1.807) is 0 Å². The molecule has 0 aliphatic carbocycles. The first-order valence-corrected chi connectivity index (χ1v) is 8.42. The van der Waals surface area contributed by atoms with E-state index in [-0.39, 0.29) is 55.9 Å². The molecule has 6 nitrogen and oxygen atoms in total. The van der Waals surface area contributed by atoms with Crippen molar-refractivity contribution >= 4 is 58.3 Å². The Morgan fingerprint density at radius 3 is 1.19 bits per heavy atom. The minimum absolute atomic E-state index is 0.000796. The maximum atomic E-state index is 10.9. The van der Waals surface area contributed by atoms with Crippen molar-refractivity contribution in [1.29, 1.82) is 0 Å². The largest absolute Gasteiger partial charge is 0.487 e.